The van der Waals surface area contributed by atoms with Crippen LogP contribution in [0.2, 0.25) is 5.04 Å². The number of hydrogen-bond acceptors (Lipinski definition) is 2. The maximum atomic E-state index is 10.4. The zero-order valence-electron chi connectivity index (χ0n) is 16.8. The summed E-state index contributed by atoms with van der Waals surface area (Å²) >= 11 is 0. The second-order valence-electron chi connectivity index (χ2n) is 9.54. The van der Waals surface area contributed by atoms with Crippen LogP contribution in [-0.4, -0.2) is 26.1 Å². The van der Waals surface area contributed by atoms with E-state index in [0.29, 0.717) is 17.8 Å². The van der Waals surface area contributed by atoms with Gasteiger partial charge >= 0.3 is 0 Å². The molecule has 3 heteroatoms. The van der Waals surface area contributed by atoms with E-state index >= 15 is 0 Å². The van der Waals surface area contributed by atoms with Crippen molar-refractivity contribution in [2.45, 2.75) is 51.2 Å². The van der Waals surface area contributed by atoms with Gasteiger partial charge in [-0.25, -0.2) is 0 Å². The molecule has 0 radical (unpaired) electrons. The fourth-order valence-electron chi connectivity index (χ4n) is 5.64. The molecule has 2 aliphatic carbocycles. The van der Waals surface area contributed by atoms with Crippen LogP contribution in [0.1, 0.15) is 40.0 Å². The van der Waals surface area contributed by atoms with Gasteiger partial charge in [-0.3, -0.25) is 0 Å². The molecule has 2 aliphatic rings. The molecule has 0 saturated heterocycles. The average molecular weight is 381 g/mol. The Bertz CT molecular complexity index is 713. The lowest BCUT2D eigenvalue weighted by Crippen LogP contribution is -2.67. The van der Waals surface area contributed by atoms with Gasteiger partial charge in [0.2, 0.25) is 0 Å². The first-order valence-corrected chi connectivity index (χ1v) is 12.3. The third-order valence-electron chi connectivity index (χ3n) is 6.85. The topological polar surface area (TPSA) is 29.5 Å². The largest absolute Gasteiger partial charge is 0.407 e. The summed E-state index contributed by atoms with van der Waals surface area (Å²) in [5, 5.41) is 13.1. The van der Waals surface area contributed by atoms with Gasteiger partial charge in [-0.1, -0.05) is 81.4 Å². The van der Waals surface area contributed by atoms with Gasteiger partial charge in [0.1, 0.15) is 0 Å². The lowest BCUT2D eigenvalue weighted by molar-refractivity contribution is 0.0592. The Morgan fingerprint density at radius 3 is 1.89 bits per heavy atom. The molecule has 0 aliphatic heterocycles. The zero-order chi connectivity index (χ0) is 19.1. The molecular weight excluding hydrogens is 348 g/mol. The Hall–Kier alpha value is -1.42. The van der Waals surface area contributed by atoms with Crippen molar-refractivity contribution in [3.8, 4) is 0 Å². The number of hydrogen-bond donors (Lipinski definition) is 1. The molecule has 0 amide bonds. The number of rotatable bonds is 5. The highest BCUT2D eigenvalue weighted by atomic mass is 28.4. The van der Waals surface area contributed by atoms with Crippen LogP contribution >= 0.6 is 0 Å². The molecule has 2 bridgehead atoms. The molecule has 144 valence electrons. The molecule has 2 fully saturated rings. The monoisotopic (exact) mass is 380 g/mol. The number of fused-ring (bicyclic) bond motifs is 2. The van der Waals surface area contributed by atoms with Crippen molar-refractivity contribution in [3.63, 3.8) is 0 Å². The smallest absolute Gasteiger partial charge is 0.261 e. The van der Waals surface area contributed by atoms with Crippen LogP contribution < -0.4 is 10.4 Å². The molecule has 4 unspecified atom stereocenters. The van der Waals surface area contributed by atoms with Gasteiger partial charge in [-0.05, 0) is 52.4 Å². The van der Waals surface area contributed by atoms with Crippen molar-refractivity contribution in [3.05, 3.63) is 60.7 Å². The minimum Gasteiger partial charge on any atom is -0.407 e. The Morgan fingerprint density at radius 2 is 1.44 bits per heavy atom. The summed E-state index contributed by atoms with van der Waals surface area (Å²) < 4.78 is 7.08. The van der Waals surface area contributed by atoms with Crippen LogP contribution in [0.4, 0.5) is 0 Å². The zero-order valence-corrected chi connectivity index (χ0v) is 17.8. The molecule has 2 nitrogen and oxygen atoms in total. The summed E-state index contributed by atoms with van der Waals surface area (Å²) in [5.74, 6) is 1.64. The highest BCUT2D eigenvalue weighted by Crippen LogP contribution is 2.49. The maximum absolute atomic E-state index is 10.4. The van der Waals surface area contributed by atoms with Crippen molar-refractivity contribution in [2.75, 3.05) is 6.61 Å². The Balaban J connectivity index is 1.72. The van der Waals surface area contributed by atoms with Crippen molar-refractivity contribution >= 4 is 18.7 Å². The highest BCUT2D eigenvalue weighted by molar-refractivity contribution is 6.99. The molecule has 4 atom stereocenters. The summed E-state index contributed by atoms with van der Waals surface area (Å²) in [6, 6.07) is 21.7. The van der Waals surface area contributed by atoms with Crippen LogP contribution in [0.5, 0.6) is 0 Å². The number of aliphatic hydroxyl groups is 1. The molecule has 2 aromatic rings. The van der Waals surface area contributed by atoms with E-state index in [1.165, 1.54) is 23.2 Å². The minimum atomic E-state index is -2.45. The molecule has 2 aromatic carbocycles. The van der Waals surface area contributed by atoms with E-state index < -0.39 is 8.32 Å². The molecular formula is C24H32O2Si. The predicted octanol–water partition coefficient (Wildman–Crippen LogP) is 3.97. The van der Waals surface area contributed by atoms with Crippen LogP contribution in [0.3, 0.4) is 0 Å². The van der Waals surface area contributed by atoms with Crippen molar-refractivity contribution in [2.24, 2.45) is 17.8 Å². The summed E-state index contributed by atoms with van der Waals surface area (Å²) in [5.41, 5.74) is 0. The second-order valence-corrected chi connectivity index (χ2v) is 13.8. The Labute approximate surface area is 164 Å². The van der Waals surface area contributed by atoms with Crippen LogP contribution in [0, 0.1) is 17.8 Å². The molecule has 0 heterocycles. The van der Waals surface area contributed by atoms with Gasteiger partial charge in [0.15, 0.2) is 0 Å². The molecule has 4 rings (SSSR count). The lowest BCUT2D eigenvalue weighted by Gasteiger charge is -2.44. The standard InChI is InChI=1S/C24H32O2Si/c1-24(2,3)27(20-10-6-4-7-11-20,21-12-8-5-9-13-21)26-17-19-14-18-15-22(19)23(25)16-18/h4-13,18-19,22-23,25H,14-17H2,1-3H3. The summed E-state index contributed by atoms with van der Waals surface area (Å²) in [4.78, 5) is 0. The van der Waals surface area contributed by atoms with Crippen LogP contribution in [0.15, 0.2) is 60.7 Å². The molecule has 2 saturated carbocycles. The summed E-state index contributed by atoms with van der Waals surface area (Å²) in [7, 11) is -2.45. The molecule has 0 spiro atoms. The SMILES string of the molecule is CC(C)(C)[Si](OCC1CC2CC(O)C1C2)(c1ccccc1)c1ccccc1. The van der Waals surface area contributed by atoms with Crippen molar-refractivity contribution < 1.29 is 9.53 Å². The fourth-order valence-corrected chi connectivity index (χ4v) is 10.3. The normalized spacial score (nSPS) is 27.9. The Kier molecular flexibility index (Phi) is 5.04. The first-order valence-electron chi connectivity index (χ1n) is 10.3. The van der Waals surface area contributed by atoms with Crippen LogP contribution in [0.25, 0.3) is 0 Å². The predicted molar refractivity (Wildman–Crippen MR) is 114 cm³/mol. The third kappa shape index (κ3) is 3.30. The van der Waals surface area contributed by atoms with E-state index in [4.69, 9.17) is 4.43 Å². The molecule has 1 N–H and O–H groups in total. The first-order chi connectivity index (χ1) is 12.9. The third-order valence-corrected chi connectivity index (χ3v) is 11.9. The second kappa shape index (κ2) is 7.19. The van der Waals surface area contributed by atoms with E-state index in [0.717, 1.165) is 13.0 Å². The Morgan fingerprint density at radius 1 is 0.889 bits per heavy atom. The first kappa shape index (κ1) is 18.9. The van der Waals surface area contributed by atoms with E-state index in [1.54, 1.807) is 0 Å². The van der Waals surface area contributed by atoms with E-state index in [2.05, 4.69) is 81.4 Å². The summed E-state index contributed by atoms with van der Waals surface area (Å²) in [6.07, 6.45) is 3.30. The molecule has 0 aromatic heterocycles. The quantitative estimate of drug-likeness (QED) is 0.796. The highest BCUT2D eigenvalue weighted by Gasteiger charge is 2.52. The van der Waals surface area contributed by atoms with Gasteiger partial charge in [0.05, 0.1) is 6.10 Å². The van der Waals surface area contributed by atoms with Crippen LogP contribution in [-0.2, 0) is 4.43 Å². The number of benzene rings is 2. The summed E-state index contributed by atoms with van der Waals surface area (Å²) in [6.45, 7) is 7.75. The van der Waals surface area contributed by atoms with E-state index in [-0.39, 0.29) is 11.1 Å². The van der Waals surface area contributed by atoms with Gasteiger partial charge in [0, 0.05) is 6.61 Å². The van der Waals surface area contributed by atoms with Gasteiger partial charge in [-0.2, -0.15) is 0 Å². The fraction of sp³-hybridized carbons (Fsp3) is 0.500. The van der Waals surface area contributed by atoms with Gasteiger partial charge in [0.25, 0.3) is 8.32 Å². The lowest BCUT2D eigenvalue weighted by atomic mass is 9.87. The minimum absolute atomic E-state index is 0.0198. The number of aliphatic hydroxyl groups excluding tert-OH is 1. The van der Waals surface area contributed by atoms with Gasteiger partial charge in [-0.15, -0.1) is 0 Å². The van der Waals surface area contributed by atoms with Crippen molar-refractivity contribution in [1.82, 2.24) is 0 Å². The molecule has 27 heavy (non-hydrogen) atoms. The maximum Gasteiger partial charge on any atom is 0.261 e. The van der Waals surface area contributed by atoms with Gasteiger partial charge < -0.3 is 9.53 Å². The van der Waals surface area contributed by atoms with E-state index in [9.17, 15) is 5.11 Å². The van der Waals surface area contributed by atoms with E-state index in [1.807, 2.05) is 0 Å². The van der Waals surface area contributed by atoms with Crippen molar-refractivity contribution in [1.29, 1.82) is 0 Å². The average Bonchev–Trinajstić information content (AvgIpc) is 3.22.